The predicted molar refractivity (Wildman–Crippen MR) is 80.8 cm³/mol. The van der Waals surface area contributed by atoms with Crippen molar-refractivity contribution in [1.82, 2.24) is 4.98 Å². The molecule has 1 aliphatic rings. The minimum absolute atomic E-state index is 0.113. The number of anilines is 1. The lowest BCUT2D eigenvalue weighted by atomic mass is 10.1. The molecule has 1 N–H and O–H groups in total. The van der Waals surface area contributed by atoms with Gasteiger partial charge in [-0.2, -0.15) is 0 Å². The third-order valence-electron chi connectivity index (χ3n) is 3.38. The number of sulfone groups is 1. The number of aromatic nitrogens is 1. The van der Waals surface area contributed by atoms with E-state index >= 15 is 0 Å². The minimum atomic E-state index is -3.23. The highest BCUT2D eigenvalue weighted by Crippen LogP contribution is 2.44. The first-order valence-electron chi connectivity index (χ1n) is 6.50. The molecule has 2 aromatic heterocycles. The number of pyridine rings is 1. The molecule has 1 atom stereocenters. The van der Waals surface area contributed by atoms with Crippen LogP contribution in [0.15, 0.2) is 40.9 Å². The monoisotopic (exact) mass is 308 g/mol. The fourth-order valence-electron chi connectivity index (χ4n) is 2.18. The average molecular weight is 308 g/mol. The predicted octanol–water partition coefficient (Wildman–Crippen LogP) is 3.11. The maximum atomic E-state index is 11.4. The van der Waals surface area contributed by atoms with Crippen molar-refractivity contribution >= 4 is 26.9 Å². The number of nitrogens with zero attached hydrogens (tertiary/aromatic N) is 1. The highest BCUT2D eigenvalue weighted by atomic mass is 32.2. The summed E-state index contributed by atoms with van der Waals surface area (Å²) in [5.74, 6) is 0.670. The summed E-state index contributed by atoms with van der Waals surface area (Å²) < 4.78 is 22.8. The summed E-state index contributed by atoms with van der Waals surface area (Å²) in [5.41, 5.74) is 0.864. The Hall–Kier alpha value is -1.40. The van der Waals surface area contributed by atoms with E-state index in [0.29, 0.717) is 12.0 Å². The van der Waals surface area contributed by atoms with Gasteiger partial charge in [-0.1, -0.05) is 6.07 Å². The van der Waals surface area contributed by atoms with Crippen molar-refractivity contribution in [3.05, 3.63) is 40.7 Å². The molecule has 2 heterocycles. The summed E-state index contributed by atoms with van der Waals surface area (Å²) in [6.45, 7) is 0. The van der Waals surface area contributed by atoms with Crippen LogP contribution >= 0.6 is 11.3 Å². The smallest absolute Gasteiger partial charge is 0.192 e. The van der Waals surface area contributed by atoms with Gasteiger partial charge in [0.2, 0.25) is 0 Å². The molecule has 3 rings (SSSR count). The number of nitrogens with one attached hydrogen (secondary N) is 1. The van der Waals surface area contributed by atoms with Crippen molar-refractivity contribution in [2.45, 2.75) is 23.9 Å². The molecule has 0 amide bonds. The van der Waals surface area contributed by atoms with Gasteiger partial charge < -0.3 is 5.32 Å². The number of thiophene rings is 1. The van der Waals surface area contributed by atoms with Crippen LogP contribution < -0.4 is 5.32 Å². The molecule has 106 valence electrons. The summed E-state index contributed by atoms with van der Waals surface area (Å²) >= 11 is 1.75. The van der Waals surface area contributed by atoms with Crippen LogP contribution in [-0.4, -0.2) is 19.7 Å². The molecule has 1 unspecified atom stereocenters. The van der Waals surface area contributed by atoms with Gasteiger partial charge in [0, 0.05) is 11.1 Å². The number of rotatable bonds is 5. The lowest BCUT2D eigenvalue weighted by molar-refractivity contribution is 0.598. The largest absolute Gasteiger partial charge is 0.376 e. The van der Waals surface area contributed by atoms with Crippen LogP contribution in [-0.2, 0) is 9.84 Å². The van der Waals surface area contributed by atoms with E-state index in [4.69, 9.17) is 0 Å². The van der Waals surface area contributed by atoms with E-state index in [1.54, 1.807) is 29.7 Å². The summed E-state index contributed by atoms with van der Waals surface area (Å²) in [6, 6.07) is 7.84. The Labute approximate surface area is 122 Å². The molecule has 0 spiro atoms. The quantitative estimate of drug-likeness (QED) is 0.922. The lowest BCUT2D eigenvalue weighted by Gasteiger charge is -2.18. The van der Waals surface area contributed by atoms with Crippen molar-refractivity contribution < 1.29 is 8.42 Å². The first-order chi connectivity index (χ1) is 9.54. The first kappa shape index (κ1) is 13.6. The molecule has 4 nitrogen and oxygen atoms in total. The highest BCUT2D eigenvalue weighted by molar-refractivity contribution is 7.90. The molecule has 0 aromatic carbocycles. The van der Waals surface area contributed by atoms with E-state index in [-0.39, 0.29) is 5.03 Å². The van der Waals surface area contributed by atoms with Gasteiger partial charge in [-0.25, -0.2) is 13.4 Å². The molecular weight excluding hydrogens is 292 g/mol. The van der Waals surface area contributed by atoms with E-state index in [1.807, 2.05) is 0 Å². The minimum Gasteiger partial charge on any atom is -0.376 e. The zero-order chi connectivity index (χ0) is 14.2. The van der Waals surface area contributed by atoms with Crippen molar-refractivity contribution in [3.8, 4) is 0 Å². The molecular formula is C14H16N2O2S2. The van der Waals surface area contributed by atoms with Crippen LogP contribution in [0, 0.1) is 5.92 Å². The lowest BCUT2D eigenvalue weighted by Crippen LogP contribution is -2.12. The first-order valence-corrected chi connectivity index (χ1v) is 9.27. The van der Waals surface area contributed by atoms with E-state index < -0.39 is 9.84 Å². The summed E-state index contributed by atoms with van der Waals surface area (Å²) in [4.78, 5) is 5.34. The van der Waals surface area contributed by atoms with E-state index in [9.17, 15) is 8.42 Å². The maximum Gasteiger partial charge on any atom is 0.192 e. The van der Waals surface area contributed by atoms with Gasteiger partial charge in [-0.15, -0.1) is 11.3 Å². The van der Waals surface area contributed by atoms with Crippen LogP contribution in [0.1, 0.15) is 23.8 Å². The zero-order valence-corrected chi connectivity index (χ0v) is 12.7. The van der Waals surface area contributed by atoms with Gasteiger partial charge in [-0.3, -0.25) is 0 Å². The summed E-state index contributed by atoms with van der Waals surface area (Å²) in [6.07, 6.45) is 5.25. The fraction of sp³-hybridized carbons (Fsp3) is 0.357. The number of hydrogen-bond acceptors (Lipinski definition) is 5. The molecule has 2 aromatic rings. The van der Waals surface area contributed by atoms with Crippen LogP contribution in [0.5, 0.6) is 0 Å². The second-order valence-corrected chi connectivity index (χ2v) is 8.07. The zero-order valence-electron chi connectivity index (χ0n) is 11.1. The molecule has 0 radical (unpaired) electrons. The molecule has 0 bridgehead atoms. The Morgan fingerprint density at radius 2 is 2.15 bits per heavy atom. The Balaban J connectivity index is 1.79. The Bertz CT molecular complexity index is 674. The maximum absolute atomic E-state index is 11.4. The van der Waals surface area contributed by atoms with Gasteiger partial charge in [0.25, 0.3) is 0 Å². The van der Waals surface area contributed by atoms with E-state index in [0.717, 1.165) is 5.69 Å². The topological polar surface area (TPSA) is 59.1 Å². The van der Waals surface area contributed by atoms with Crippen LogP contribution in [0.3, 0.4) is 0 Å². The SMILES string of the molecule is CS(=O)(=O)c1ccc(NC(c2cccs2)C2CC2)cn1. The van der Waals surface area contributed by atoms with Crippen molar-refractivity contribution in [3.63, 3.8) is 0 Å². The van der Waals surface area contributed by atoms with Gasteiger partial charge >= 0.3 is 0 Å². The third kappa shape index (κ3) is 3.02. The second kappa shape index (κ2) is 5.18. The van der Waals surface area contributed by atoms with Gasteiger partial charge in [0.1, 0.15) is 0 Å². The van der Waals surface area contributed by atoms with Gasteiger partial charge in [0.15, 0.2) is 14.9 Å². The van der Waals surface area contributed by atoms with Crippen LogP contribution in [0.2, 0.25) is 0 Å². The molecule has 1 fully saturated rings. The summed E-state index contributed by atoms with van der Waals surface area (Å²) in [5, 5.41) is 5.67. The molecule has 0 saturated heterocycles. The van der Waals surface area contributed by atoms with E-state index in [1.165, 1.54) is 24.0 Å². The molecule has 6 heteroatoms. The normalized spacial score (nSPS) is 16.9. The van der Waals surface area contributed by atoms with Gasteiger partial charge in [0.05, 0.1) is 17.9 Å². The Morgan fingerprint density at radius 3 is 2.65 bits per heavy atom. The Kier molecular flexibility index (Phi) is 3.52. The van der Waals surface area contributed by atoms with Crippen molar-refractivity contribution in [1.29, 1.82) is 0 Å². The fourth-order valence-corrected chi connectivity index (χ4v) is 3.61. The molecule has 20 heavy (non-hydrogen) atoms. The second-order valence-electron chi connectivity index (χ2n) is 5.13. The van der Waals surface area contributed by atoms with Crippen molar-refractivity contribution in [2.24, 2.45) is 5.92 Å². The standard InChI is InChI=1S/C14H16N2O2S2/c1-20(17,18)13-7-6-11(9-15-13)16-14(10-4-5-10)12-3-2-8-19-12/h2-3,6-10,14,16H,4-5H2,1H3. The molecule has 0 aliphatic heterocycles. The number of hydrogen-bond donors (Lipinski definition) is 1. The molecule has 1 aliphatic carbocycles. The molecule has 1 saturated carbocycles. The van der Waals surface area contributed by atoms with Crippen molar-refractivity contribution in [2.75, 3.05) is 11.6 Å². The average Bonchev–Trinajstić information content (AvgIpc) is 3.10. The van der Waals surface area contributed by atoms with Crippen LogP contribution in [0.25, 0.3) is 0 Å². The third-order valence-corrected chi connectivity index (χ3v) is 5.34. The van der Waals surface area contributed by atoms with Crippen LogP contribution in [0.4, 0.5) is 5.69 Å². The van der Waals surface area contributed by atoms with Gasteiger partial charge in [-0.05, 0) is 42.3 Å². The Morgan fingerprint density at radius 1 is 1.35 bits per heavy atom. The summed E-state index contributed by atoms with van der Waals surface area (Å²) in [7, 11) is -3.23. The van der Waals surface area contributed by atoms with E-state index in [2.05, 4.69) is 27.8 Å². The highest BCUT2D eigenvalue weighted by Gasteiger charge is 2.32.